The second-order valence-electron chi connectivity index (χ2n) is 5.46. The van der Waals surface area contributed by atoms with Gasteiger partial charge in [0.25, 0.3) is 0 Å². The summed E-state index contributed by atoms with van der Waals surface area (Å²) in [7, 11) is -3.77. The summed E-state index contributed by atoms with van der Waals surface area (Å²) < 4.78 is 28.2. The van der Waals surface area contributed by atoms with Crippen molar-refractivity contribution in [3.63, 3.8) is 0 Å². The zero-order valence-electron chi connectivity index (χ0n) is 13.0. The minimum Gasteiger partial charge on any atom is -0.299 e. The number of aromatic nitrogens is 1. The third kappa shape index (κ3) is 3.53. The summed E-state index contributed by atoms with van der Waals surface area (Å²) in [6.07, 6.45) is 3.22. The molecule has 0 amide bonds. The van der Waals surface area contributed by atoms with Crippen LogP contribution in [0.15, 0.2) is 59.1 Å². The van der Waals surface area contributed by atoms with Crippen LogP contribution in [0, 0.1) is 0 Å². The lowest BCUT2D eigenvalue weighted by Gasteiger charge is -2.21. The molecule has 24 heavy (non-hydrogen) atoms. The maximum absolute atomic E-state index is 13.0. The van der Waals surface area contributed by atoms with Gasteiger partial charge in [0.05, 0.1) is 11.4 Å². The molecule has 1 aromatic carbocycles. The summed E-state index contributed by atoms with van der Waals surface area (Å²) in [5.41, 5.74) is 0.735. The van der Waals surface area contributed by atoms with E-state index in [2.05, 4.69) is 4.98 Å². The summed E-state index contributed by atoms with van der Waals surface area (Å²) in [5.74, 6) is -0.209. The maximum Gasteiger partial charge on any atom is 0.243 e. The number of sulfonamides is 1. The average Bonchev–Trinajstić information content (AvgIpc) is 3.02. The number of carbonyl (C=O) groups excluding carboxylic acids is 1. The van der Waals surface area contributed by atoms with Crippen LogP contribution in [0.4, 0.5) is 0 Å². The Morgan fingerprint density at radius 1 is 1.25 bits per heavy atom. The van der Waals surface area contributed by atoms with E-state index in [4.69, 9.17) is 0 Å². The normalized spacial score (nSPS) is 11.9. The van der Waals surface area contributed by atoms with E-state index in [0.29, 0.717) is 0 Å². The van der Waals surface area contributed by atoms with Gasteiger partial charge in [0.2, 0.25) is 10.0 Å². The van der Waals surface area contributed by atoms with Crippen molar-refractivity contribution in [3.05, 3.63) is 59.7 Å². The van der Waals surface area contributed by atoms with Gasteiger partial charge in [-0.3, -0.25) is 9.78 Å². The van der Waals surface area contributed by atoms with Gasteiger partial charge in [0, 0.05) is 23.6 Å². The summed E-state index contributed by atoms with van der Waals surface area (Å²) >= 11 is 1.56. The van der Waals surface area contributed by atoms with Gasteiger partial charge in [0.1, 0.15) is 5.78 Å². The van der Waals surface area contributed by atoms with Gasteiger partial charge in [-0.25, -0.2) is 8.42 Å². The van der Waals surface area contributed by atoms with Crippen LogP contribution in [0.25, 0.3) is 10.1 Å². The van der Waals surface area contributed by atoms with E-state index in [1.807, 2.05) is 11.4 Å². The minimum atomic E-state index is -3.77. The lowest BCUT2D eigenvalue weighted by Crippen LogP contribution is -2.34. The van der Waals surface area contributed by atoms with Crippen molar-refractivity contribution >= 4 is 37.2 Å². The van der Waals surface area contributed by atoms with E-state index in [-0.39, 0.29) is 23.8 Å². The third-order valence-corrected chi connectivity index (χ3v) is 6.23. The Morgan fingerprint density at radius 2 is 2.08 bits per heavy atom. The van der Waals surface area contributed by atoms with E-state index >= 15 is 0 Å². The standard InChI is InChI=1S/C17H16N2O3S2/c1-13(20)11-19(12-14-3-2-7-18-10-14)24(21,22)16-4-5-17-15(9-16)6-8-23-17/h2-10H,11-12H2,1H3. The highest BCUT2D eigenvalue weighted by Crippen LogP contribution is 2.26. The van der Waals surface area contributed by atoms with Gasteiger partial charge in [-0.2, -0.15) is 4.31 Å². The highest BCUT2D eigenvalue weighted by atomic mass is 32.2. The molecule has 0 unspecified atom stereocenters. The topological polar surface area (TPSA) is 67.3 Å². The number of pyridine rings is 1. The fourth-order valence-corrected chi connectivity index (χ4v) is 4.68. The summed E-state index contributed by atoms with van der Waals surface area (Å²) in [6, 6.07) is 10.4. The molecule has 2 heterocycles. The van der Waals surface area contributed by atoms with Gasteiger partial charge in [-0.15, -0.1) is 11.3 Å². The molecule has 0 atom stereocenters. The Labute approximate surface area is 144 Å². The smallest absolute Gasteiger partial charge is 0.243 e. The third-order valence-electron chi connectivity index (χ3n) is 3.54. The van der Waals surface area contributed by atoms with E-state index in [0.717, 1.165) is 15.6 Å². The molecule has 0 aliphatic heterocycles. The summed E-state index contributed by atoms with van der Waals surface area (Å²) in [4.78, 5) is 15.8. The van der Waals surface area contributed by atoms with Crippen LogP contribution in [0.2, 0.25) is 0 Å². The molecule has 3 aromatic rings. The first kappa shape index (κ1) is 16.8. The van der Waals surface area contributed by atoms with Crippen molar-refractivity contribution < 1.29 is 13.2 Å². The van der Waals surface area contributed by atoms with Crippen LogP contribution < -0.4 is 0 Å². The van der Waals surface area contributed by atoms with Crippen molar-refractivity contribution in [1.29, 1.82) is 0 Å². The van der Waals surface area contributed by atoms with Crippen LogP contribution >= 0.6 is 11.3 Å². The molecular weight excluding hydrogens is 344 g/mol. The zero-order valence-corrected chi connectivity index (χ0v) is 14.7. The lowest BCUT2D eigenvalue weighted by molar-refractivity contribution is -0.117. The Balaban J connectivity index is 1.99. The van der Waals surface area contributed by atoms with Gasteiger partial charge in [-0.1, -0.05) is 6.07 Å². The Hall–Kier alpha value is -2.09. The van der Waals surface area contributed by atoms with E-state index in [1.165, 1.54) is 11.2 Å². The summed E-state index contributed by atoms with van der Waals surface area (Å²) in [6.45, 7) is 1.32. The number of fused-ring (bicyclic) bond motifs is 1. The molecule has 0 aliphatic rings. The number of nitrogens with zero attached hydrogens (tertiary/aromatic N) is 2. The first-order chi connectivity index (χ1) is 11.5. The Kier molecular flexibility index (Phi) is 4.75. The Morgan fingerprint density at radius 3 is 2.79 bits per heavy atom. The second kappa shape index (κ2) is 6.80. The molecule has 5 nitrogen and oxygen atoms in total. The van der Waals surface area contributed by atoms with Gasteiger partial charge >= 0.3 is 0 Å². The number of thiophene rings is 1. The zero-order chi connectivity index (χ0) is 17.2. The molecule has 0 fully saturated rings. The molecule has 0 spiro atoms. The van der Waals surface area contributed by atoms with Crippen LogP contribution in [0.3, 0.4) is 0 Å². The highest BCUT2D eigenvalue weighted by Gasteiger charge is 2.26. The van der Waals surface area contributed by atoms with Gasteiger partial charge in [-0.05, 0) is 53.6 Å². The number of rotatable bonds is 6. The van der Waals surface area contributed by atoms with E-state index in [9.17, 15) is 13.2 Å². The number of hydrogen-bond donors (Lipinski definition) is 0. The van der Waals surface area contributed by atoms with Crippen LogP contribution in [0.1, 0.15) is 12.5 Å². The van der Waals surface area contributed by atoms with Crippen LogP contribution in [0.5, 0.6) is 0 Å². The number of hydrogen-bond acceptors (Lipinski definition) is 5. The first-order valence-electron chi connectivity index (χ1n) is 7.32. The van der Waals surface area contributed by atoms with Crippen LogP contribution in [-0.2, 0) is 21.4 Å². The minimum absolute atomic E-state index is 0.109. The maximum atomic E-state index is 13.0. The molecule has 0 aliphatic carbocycles. The van der Waals surface area contributed by atoms with Gasteiger partial charge in [0.15, 0.2) is 0 Å². The van der Waals surface area contributed by atoms with Crippen molar-refractivity contribution in [2.24, 2.45) is 0 Å². The molecule has 124 valence electrons. The van der Waals surface area contributed by atoms with Crippen molar-refractivity contribution in [2.75, 3.05) is 6.54 Å². The van der Waals surface area contributed by atoms with Gasteiger partial charge < -0.3 is 0 Å². The lowest BCUT2D eigenvalue weighted by atomic mass is 10.3. The predicted molar refractivity (Wildman–Crippen MR) is 94.3 cm³/mol. The monoisotopic (exact) mass is 360 g/mol. The average molecular weight is 360 g/mol. The molecule has 0 saturated heterocycles. The van der Waals surface area contributed by atoms with Crippen molar-refractivity contribution in [3.8, 4) is 0 Å². The van der Waals surface area contributed by atoms with E-state index < -0.39 is 10.0 Å². The molecule has 0 radical (unpaired) electrons. The molecule has 0 N–H and O–H groups in total. The molecular formula is C17H16N2O3S2. The Bertz CT molecular complexity index is 966. The first-order valence-corrected chi connectivity index (χ1v) is 9.64. The SMILES string of the molecule is CC(=O)CN(Cc1cccnc1)S(=O)(=O)c1ccc2sccc2c1. The van der Waals surface area contributed by atoms with Crippen molar-refractivity contribution in [1.82, 2.24) is 9.29 Å². The molecule has 0 saturated carbocycles. The number of ketones is 1. The molecule has 0 bridgehead atoms. The molecule has 3 rings (SSSR count). The van der Waals surface area contributed by atoms with Crippen molar-refractivity contribution in [2.45, 2.75) is 18.4 Å². The molecule has 7 heteroatoms. The number of Topliss-reactive ketones (excluding diaryl/α,β-unsaturated/α-hetero) is 1. The number of carbonyl (C=O) groups is 1. The fraction of sp³-hybridized carbons (Fsp3) is 0.176. The van der Waals surface area contributed by atoms with E-state index in [1.54, 1.807) is 54.1 Å². The largest absolute Gasteiger partial charge is 0.299 e. The summed E-state index contributed by atoms with van der Waals surface area (Å²) in [5, 5.41) is 2.80. The quantitative estimate of drug-likeness (QED) is 0.677. The predicted octanol–water partition coefficient (Wildman–Crippen LogP) is 3.08. The highest BCUT2D eigenvalue weighted by molar-refractivity contribution is 7.89. The van der Waals surface area contributed by atoms with Crippen LogP contribution in [-0.4, -0.2) is 30.0 Å². The fourth-order valence-electron chi connectivity index (χ4n) is 2.42. The number of benzene rings is 1. The molecule has 2 aromatic heterocycles. The second-order valence-corrected chi connectivity index (χ2v) is 8.34.